The Labute approximate surface area is 98.7 Å². The quantitative estimate of drug-likeness (QED) is 0.540. The lowest BCUT2D eigenvalue weighted by Crippen LogP contribution is -2.19. The summed E-state index contributed by atoms with van der Waals surface area (Å²) < 4.78 is 13.5. The zero-order valence-electron chi connectivity index (χ0n) is 10.5. The number of allylic oxidation sites excluding steroid dienone is 2. The zero-order valence-corrected chi connectivity index (χ0v) is 10.5. The van der Waals surface area contributed by atoms with Gasteiger partial charge in [0.05, 0.1) is 6.10 Å². The topological polar surface area (TPSA) is 20.2 Å². The van der Waals surface area contributed by atoms with E-state index in [-0.39, 0.29) is 11.8 Å². The van der Waals surface area contributed by atoms with E-state index < -0.39 is 12.3 Å². The second-order valence-corrected chi connectivity index (χ2v) is 4.90. The van der Waals surface area contributed by atoms with Crippen LogP contribution in [0.15, 0.2) is 12.2 Å². The molecule has 94 valence electrons. The molecule has 1 nitrogen and oxygen atoms in total. The first-order chi connectivity index (χ1) is 7.70. The highest BCUT2D eigenvalue weighted by Gasteiger charge is 2.40. The van der Waals surface area contributed by atoms with Crippen LogP contribution in [-0.4, -0.2) is 17.4 Å². The monoisotopic (exact) mass is 228 g/mol. The summed E-state index contributed by atoms with van der Waals surface area (Å²) in [5, 5.41) is 9.79. The van der Waals surface area contributed by atoms with Crippen LogP contribution in [0.2, 0.25) is 0 Å². The van der Waals surface area contributed by atoms with Crippen molar-refractivity contribution in [3.8, 4) is 0 Å². The van der Waals surface area contributed by atoms with E-state index >= 15 is 0 Å². The molecule has 1 rings (SSSR count). The van der Waals surface area contributed by atoms with E-state index in [4.69, 9.17) is 0 Å². The smallest absolute Gasteiger partial charge is 0.106 e. The molecule has 0 heterocycles. The maximum atomic E-state index is 13.5. The summed E-state index contributed by atoms with van der Waals surface area (Å²) in [6, 6.07) is 0. The lowest BCUT2D eigenvalue weighted by atomic mass is 9.89. The molecule has 0 aromatic carbocycles. The summed E-state index contributed by atoms with van der Waals surface area (Å²) in [7, 11) is 0. The van der Waals surface area contributed by atoms with Gasteiger partial charge >= 0.3 is 0 Å². The van der Waals surface area contributed by atoms with Crippen LogP contribution in [0.5, 0.6) is 0 Å². The summed E-state index contributed by atoms with van der Waals surface area (Å²) in [6.07, 6.45) is 8.62. The molecule has 0 unspecified atom stereocenters. The SMILES string of the molecule is CCCC/C=C\C[C@@H]1[C@@H](CC)[C@@H](F)C[C@@H]1O. The van der Waals surface area contributed by atoms with Crippen LogP contribution in [0.1, 0.15) is 52.4 Å². The molecule has 0 bridgehead atoms. The Morgan fingerprint density at radius 2 is 2.00 bits per heavy atom. The third-order valence-corrected chi connectivity index (χ3v) is 3.75. The van der Waals surface area contributed by atoms with Crippen molar-refractivity contribution in [2.24, 2.45) is 11.8 Å². The average Bonchev–Trinajstić information content (AvgIpc) is 2.53. The van der Waals surface area contributed by atoms with Crippen molar-refractivity contribution in [1.29, 1.82) is 0 Å². The molecular weight excluding hydrogens is 203 g/mol. The number of aliphatic hydroxyl groups excluding tert-OH is 1. The minimum atomic E-state index is -0.797. The summed E-state index contributed by atoms with van der Waals surface area (Å²) in [5.41, 5.74) is 0. The first-order valence-electron chi connectivity index (χ1n) is 6.67. The van der Waals surface area contributed by atoms with Gasteiger partial charge in [-0.3, -0.25) is 0 Å². The molecule has 1 aliphatic rings. The van der Waals surface area contributed by atoms with Gasteiger partial charge in [0.1, 0.15) is 6.17 Å². The van der Waals surface area contributed by atoms with Crippen molar-refractivity contribution < 1.29 is 9.50 Å². The van der Waals surface area contributed by atoms with Crippen LogP contribution in [0.25, 0.3) is 0 Å². The molecule has 1 aliphatic carbocycles. The second-order valence-electron chi connectivity index (χ2n) is 4.90. The lowest BCUT2D eigenvalue weighted by Gasteiger charge is -2.19. The molecule has 1 saturated carbocycles. The predicted octanol–water partition coefficient (Wildman–Crippen LogP) is 3.87. The number of aliphatic hydroxyl groups is 1. The number of alkyl halides is 1. The van der Waals surface area contributed by atoms with Gasteiger partial charge < -0.3 is 5.11 Å². The highest BCUT2D eigenvalue weighted by Crippen LogP contribution is 2.38. The Hall–Kier alpha value is -0.370. The van der Waals surface area contributed by atoms with Crippen molar-refractivity contribution in [2.45, 2.75) is 64.6 Å². The minimum Gasteiger partial charge on any atom is -0.393 e. The molecule has 0 amide bonds. The van der Waals surface area contributed by atoms with E-state index in [9.17, 15) is 9.50 Å². The lowest BCUT2D eigenvalue weighted by molar-refractivity contribution is 0.118. The minimum absolute atomic E-state index is 0.0609. The third kappa shape index (κ3) is 3.58. The molecule has 1 fully saturated rings. The summed E-state index contributed by atoms with van der Waals surface area (Å²) in [4.78, 5) is 0. The average molecular weight is 228 g/mol. The van der Waals surface area contributed by atoms with Gasteiger partial charge in [0.2, 0.25) is 0 Å². The van der Waals surface area contributed by atoms with Crippen LogP contribution in [0.4, 0.5) is 4.39 Å². The van der Waals surface area contributed by atoms with Crippen LogP contribution >= 0.6 is 0 Å². The Bertz CT molecular complexity index is 215. The molecular formula is C14H25FO. The Kier molecular flexibility index (Phi) is 6.04. The zero-order chi connectivity index (χ0) is 12.0. The van der Waals surface area contributed by atoms with Gasteiger partial charge in [0.25, 0.3) is 0 Å². The van der Waals surface area contributed by atoms with Gasteiger partial charge in [-0.15, -0.1) is 0 Å². The van der Waals surface area contributed by atoms with Gasteiger partial charge in [-0.05, 0) is 24.7 Å². The molecule has 0 aromatic heterocycles. The Morgan fingerprint density at radius 1 is 1.25 bits per heavy atom. The summed E-state index contributed by atoms with van der Waals surface area (Å²) in [6.45, 7) is 4.19. The Morgan fingerprint density at radius 3 is 2.62 bits per heavy atom. The van der Waals surface area contributed by atoms with Crippen molar-refractivity contribution in [3.05, 3.63) is 12.2 Å². The van der Waals surface area contributed by atoms with Crippen molar-refractivity contribution in [3.63, 3.8) is 0 Å². The van der Waals surface area contributed by atoms with Crippen molar-refractivity contribution in [2.75, 3.05) is 0 Å². The van der Waals surface area contributed by atoms with E-state index in [0.29, 0.717) is 6.42 Å². The van der Waals surface area contributed by atoms with E-state index in [1.807, 2.05) is 6.92 Å². The summed E-state index contributed by atoms with van der Waals surface area (Å²) >= 11 is 0. The van der Waals surface area contributed by atoms with E-state index in [1.165, 1.54) is 12.8 Å². The van der Waals surface area contributed by atoms with Crippen molar-refractivity contribution >= 4 is 0 Å². The van der Waals surface area contributed by atoms with E-state index in [1.54, 1.807) is 0 Å². The number of unbranched alkanes of at least 4 members (excludes halogenated alkanes) is 2. The molecule has 0 aromatic rings. The first kappa shape index (κ1) is 13.7. The van der Waals surface area contributed by atoms with Crippen LogP contribution in [-0.2, 0) is 0 Å². The fourth-order valence-corrected chi connectivity index (χ4v) is 2.72. The fourth-order valence-electron chi connectivity index (χ4n) is 2.72. The molecule has 0 saturated heterocycles. The number of rotatable bonds is 6. The van der Waals surface area contributed by atoms with E-state index in [0.717, 1.165) is 19.3 Å². The molecule has 1 N–H and O–H groups in total. The van der Waals surface area contributed by atoms with Crippen molar-refractivity contribution in [1.82, 2.24) is 0 Å². The van der Waals surface area contributed by atoms with Gasteiger partial charge in [0, 0.05) is 6.42 Å². The number of hydrogen-bond donors (Lipinski definition) is 1. The second kappa shape index (κ2) is 7.05. The highest BCUT2D eigenvalue weighted by atomic mass is 19.1. The van der Waals surface area contributed by atoms with E-state index in [2.05, 4.69) is 19.1 Å². The summed E-state index contributed by atoms with van der Waals surface area (Å²) in [5.74, 6) is 0.198. The molecule has 2 heteroatoms. The van der Waals surface area contributed by atoms with Gasteiger partial charge in [-0.1, -0.05) is 45.3 Å². The van der Waals surface area contributed by atoms with Gasteiger partial charge in [-0.2, -0.15) is 0 Å². The standard InChI is InChI=1S/C14H25FO/c1-3-5-6-7-8-9-12-11(4-2)13(15)10-14(12)16/h7-8,11-14,16H,3-6,9-10H2,1-2H3/b8-7-/t11-,12-,13+,14+/m1/s1. The van der Waals surface area contributed by atoms with Gasteiger partial charge in [0.15, 0.2) is 0 Å². The molecule has 4 atom stereocenters. The molecule has 0 radical (unpaired) electrons. The number of hydrogen-bond acceptors (Lipinski definition) is 1. The van der Waals surface area contributed by atoms with Crippen LogP contribution in [0.3, 0.4) is 0 Å². The largest absolute Gasteiger partial charge is 0.393 e. The normalized spacial score (nSPS) is 35.0. The third-order valence-electron chi connectivity index (χ3n) is 3.75. The fraction of sp³-hybridized carbons (Fsp3) is 0.857. The molecule has 16 heavy (non-hydrogen) atoms. The Balaban J connectivity index is 2.36. The van der Waals surface area contributed by atoms with Crippen LogP contribution < -0.4 is 0 Å². The molecule has 0 aliphatic heterocycles. The maximum absolute atomic E-state index is 13.5. The highest BCUT2D eigenvalue weighted by molar-refractivity contribution is 4.95. The molecule has 0 spiro atoms. The predicted molar refractivity (Wildman–Crippen MR) is 66.1 cm³/mol. The van der Waals surface area contributed by atoms with Crippen LogP contribution in [0, 0.1) is 11.8 Å². The maximum Gasteiger partial charge on any atom is 0.106 e. The first-order valence-corrected chi connectivity index (χ1v) is 6.67. The number of halogens is 1. The van der Waals surface area contributed by atoms with Gasteiger partial charge in [-0.25, -0.2) is 4.39 Å².